The minimum Gasteiger partial charge on any atom is -0.845 e. The molecule has 0 spiro atoms. The summed E-state index contributed by atoms with van der Waals surface area (Å²) in [5, 5.41) is 19.8. The molecule has 2 heterocycles. The Morgan fingerprint density at radius 1 is 1.37 bits per heavy atom. The van der Waals surface area contributed by atoms with Crippen LogP contribution in [0.25, 0.3) is 0 Å². The maximum Gasteiger partial charge on any atom is 0.345 e. The minimum atomic E-state index is -4.30. The second-order valence-electron chi connectivity index (χ2n) is 7.46. The van der Waals surface area contributed by atoms with Crippen molar-refractivity contribution in [2.75, 3.05) is 22.8 Å². The molecule has 1 fully saturated rings. The Balaban J connectivity index is 1.64. The van der Waals surface area contributed by atoms with Crippen molar-refractivity contribution in [3.05, 3.63) is 40.7 Å². The zero-order valence-electron chi connectivity index (χ0n) is 16.5. The van der Waals surface area contributed by atoms with Gasteiger partial charge in [-0.25, -0.2) is 4.31 Å². The number of aromatic nitrogens is 2. The highest BCUT2D eigenvalue weighted by Gasteiger charge is 2.32. The molecule has 0 unspecified atom stereocenters. The largest absolute Gasteiger partial charge is 0.845 e. The number of anilines is 2. The van der Waals surface area contributed by atoms with Crippen molar-refractivity contribution >= 4 is 39.2 Å². The summed E-state index contributed by atoms with van der Waals surface area (Å²) in [6.07, 6.45) is 6.70. The van der Waals surface area contributed by atoms with Gasteiger partial charge in [0, 0.05) is 37.2 Å². The number of hydrogen-bond acceptors (Lipinski definition) is 5. The summed E-state index contributed by atoms with van der Waals surface area (Å²) in [5.74, 6) is 0. The third kappa shape index (κ3) is 4.40. The van der Waals surface area contributed by atoms with E-state index in [2.05, 4.69) is 14.8 Å². The molecular weight excluding hydrogens is 430 g/mol. The molecule has 0 atom stereocenters. The van der Waals surface area contributed by atoms with Gasteiger partial charge in [-0.05, 0) is 55.4 Å². The Hall–Kier alpha value is -2.30. The minimum absolute atomic E-state index is 0.361. The van der Waals surface area contributed by atoms with Crippen LogP contribution in [-0.2, 0) is 34.8 Å². The van der Waals surface area contributed by atoms with E-state index in [0.717, 1.165) is 30.4 Å². The highest BCUT2D eigenvalue weighted by atomic mass is 35.5. The lowest BCUT2D eigenvalue weighted by molar-refractivity contribution is -0.213. The van der Waals surface area contributed by atoms with Gasteiger partial charge in [-0.2, -0.15) is 13.5 Å². The second-order valence-corrected chi connectivity index (χ2v) is 9.36. The van der Waals surface area contributed by atoms with Gasteiger partial charge in [0.05, 0.1) is 23.9 Å². The van der Waals surface area contributed by atoms with Crippen LogP contribution in [0.4, 0.5) is 11.4 Å². The highest BCUT2D eigenvalue weighted by Crippen LogP contribution is 2.32. The van der Waals surface area contributed by atoms with E-state index in [1.165, 1.54) is 15.2 Å². The van der Waals surface area contributed by atoms with Crippen LogP contribution in [0.3, 0.4) is 0 Å². The lowest BCUT2D eigenvalue weighted by atomic mass is 10.1. The Bertz CT molecular complexity index is 1060. The van der Waals surface area contributed by atoms with Crippen molar-refractivity contribution in [2.24, 2.45) is 11.4 Å². The van der Waals surface area contributed by atoms with E-state index in [0.29, 0.717) is 42.5 Å². The second kappa shape index (κ2) is 8.44. The summed E-state index contributed by atoms with van der Waals surface area (Å²) in [6.45, 7) is 0.885. The molecule has 1 saturated heterocycles. The smallest absolute Gasteiger partial charge is 0.345 e. The van der Waals surface area contributed by atoms with E-state index in [9.17, 15) is 13.5 Å². The standard InChI is InChI=1S/C19H24ClN5O4S/c1-24-12-16(11-21-24)25(15-5-7-29-8-6-15)30(27,28)23-19(26)22-18-10-14(20)9-13-3-2-4-17(13)18/h9-12,15H,2-8H2,1H3,(H2,22,23,26)/p-1. The van der Waals surface area contributed by atoms with Crippen LogP contribution in [0.5, 0.6) is 0 Å². The van der Waals surface area contributed by atoms with Crippen molar-refractivity contribution in [3.63, 3.8) is 0 Å². The number of halogens is 1. The number of fused-ring (bicyclic) bond motifs is 1. The summed E-state index contributed by atoms with van der Waals surface area (Å²) in [7, 11) is -2.60. The van der Waals surface area contributed by atoms with E-state index in [1.807, 2.05) is 6.07 Å². The fourth-order valence-corrected chi connectivity index (χ4v) is 5.57. The topological polar surface area (TPSA) is 112 Å². The highest BCUT2D eigenvalue weighted by molar-refractivity contribution is 7.91. The number of nitrogens with zero attached hydrogens (tertiary/aromatic N) is 4. The quantitative estimate of drug-likeness (QED) is 0.545. The van der Waals surface area contributed by atoms with Crippen LogP contribution in [0.1, 0.15) is 30.4 Å². The number of rotatable bonds is 5. The monoisotopic (exact) mass is 452 g/mol. The maximum absolute atomic E-state index is 13.1. The van der Waals surface area contributed by atoms with Crippen molar-refractivity contribution in [2.45, 2.75) is 38.1 Å². The number of nitrogens with one attached hydrogen (secondary N) is 1. The normalized spacial score (nSPS) is 17.7. The molecule has 9 nitrogen and oxygen atoms in total. The molecule has 0 amide bonds. The van der Waals surface area contributed by atoms with Gasteiger partial charge in [0.25, 0.3) is 0 Å². The fraction of sp³-hybridized carbons (Fsp3) is 0.474. The van der Waals surface area contributed by atoms with Gasteiger partial charge in [-0.1, -0.05) is 11.6 Å². The van der Waals surface area contributed by atoms with Crippen LogP contribution in [0.2, 0.25) is 5.02 Å². The van der Waals surface area contributed by atoms with Crippen molar-refractivity contribution in [3.8, 4) is 0 Å². The maximum atomic E-state index is 13.1. The van der Waals surface area contributed by atoms with E-state index < -0.39 is 16.2 Å². The molecule has 0 radical (unpaired) electrons. The summed E-state index contributed by atoms with van der Waals surface area (Å²) in [6, 6.07) is 2.19. The molecule has 162 valence electrons. The van der Waals surface area contributed by atoms with E-state index in [4.69, 9.17) is 16.3 Å². The zero-order chi connectivity index (χ0) is 21.3. The molecule has 30 heavy (non-hydrogen) atoms. The van der Waals surface area contributed by atoms with Gasteiger partial charge in [0.2, 0.25) is 0 Å². The summed E-state index contributed by atoms with van der Waals surface area (Å²) >= 11 is 6.15. The summed E-state index contributed by atoms with van der Waals surface area (Å²) in [5.41, 5.74) is 2.93. The van der Waals surface area contributed by atoms with Crippen LogP contribution in [0.15, 0.2) is 28.9 Å². The first-order valence-corrected chi connectivity index (χ1v) is 11.6. The average molecular weight is 453 g/mol. The first-order valence-electron chi connectivity index (χ1n) is 9.79. The molecule has 1 N–H and O–H groups in total. The van der Waals surface area contributed by atoms with Crippen molar-refractivity contribution in [1.82, 2.24) is 9.78 Å². The van der Waals surface area contributed by atoms with Gasteiger partial charge in [0.1, 0.15) is 0 Å². The van der Waals surface area contributed by atoms with E-state index in [-0.39, 0.29) is 6.04 Å². The Morgan fingerprint density at radius 2 is 2.13 bits per heavy atom. The molecule has 1 aromatic carbocycles. The van der Waals surface area contributed by atoms with Crippen molar-refractivity contribution < 1.29 is 18.3 Å². The Kier molecular flexibility index (Phi) is 5.90. The Morgan fingerprint density at radius 3 is 2.83 bits per heavy atom. The number of ether oxygens (including phenoxy) is 1. The van der Waals surface area contributed by atoms with Gasteiger partial charge in [0.15, 0.2) is 0 Å². The van der Waals surface area contributed by atoms with Gasteiger partial charge in [-0.15, -0.1) is 4.40 Å². The summed E-state index contributed by atoms with van der Waals surface area (Å²) in [4.78, 5) is 0. The molecule has 2 aromatic rings. The molecule has 1 aliphatic heterocycles. The first-order chi connectivity index (χ1) is 14.3. The van der Waals surface area contributed by atoms with Crippen LogP contribution >= 0.6 is 11.6 Å². The molecular formula is C19H23ClN5O4S-. The van der Waals surface area contributed by atoms with Crippen LogP contribution in [0, 0.1) is 0 Å². The molecule has 1 aromatic heterocycles. The molecule has 1 aliphatic carbocycles. The molecule has 0 bridgehead atoms. The molecule has 0 saturated carbocycles. The Labute approximate surface area is 180 Å². The summed E-state index contributed by atoms with van der Waals surface area (Å²) < 4.78 is 37.8. The third-order valence-electron chi connectivity index (χ3n) is 5.34. The van der Waals surface area contributed by atoms with Gasteiger partial charge < -0.3 is 15.2 Å². The number of amidine groups is 1. The van der Waals surface area contributed by atoms with Crippen LogP contribution in [-0.4, -0.2) is 43.5 Å². The van der Waals surface area contributed by atoms with Crippen LogP contribution < -0.4 is 14.7 Å². The van der Waals surface area contributed by atoms with Crippen molar-refractivity contribution in [1.29, 1.82) is 0 Å². The predicted octanol–water partition coefficient (Wildman–Crippen LogP) is 1.62. The molecule has 2 aliphatic rings. The fourth-order valence-electron chi connectivity index (χ4n) is 4.04. The van der Waals surface area contributed by atoms with E-state index in [1.54, 1.807) is 19.3 Å². The lowest BCUT2D eigenvalue weighted by Crippen LogP contribution is -2.44. The average Bonchev–Trinajstić information content (AvgIpc) is 3.31. The number of aryl methyl sites for hydroxylation is 2. The zero-order valence-corrected chi connectivity index (χ0v) is 18.1. The number of benzene rings is 1. The molecule has 4 rings (SSSR count). The first kappa shape index (κ1) is 21.0. The predicted molar refractivity (Wildman–Crippen MR) is 113 cm³/mol. The van der Waals surface area contributed by atoms with E-state index >= 15 is 0 Å². The third-order valence-corrected chi connectivity index (χ3v) is 6.96. The van der Waals surface area contributed by atoms with Gasteiger partial charge >= 0.3 is 10.2 Å². The molecule has 11 heteroatoms. The lowest BCUT2D eigenvalue weighted by Gasteiger charge is -2.33. The number of hydrogen-bond donors (Lipinski definition) is 1. The SMILES string of the molecule is Cn1cc(N(C2CCOCC2)S(=O)(=O)/N=C(\[O-])Nc2cc(Cl)cc3c2CCC3)cn1. The van der Waals surface area contributed by atoms with Gasteiger partial charge in [-0.3, -0.25) is 4.68 Å².